The topological polar surface area (TPSA) is 88.5 Å². The first kappa shape index (κ1) is 15.6. The summed E-state index contributed by atoms with van der Waals surface area (Å²) in [7, 11) is 1.56. The Morgan fingerprint density at radius 3 is 2.63 bits per heavy atom. The minimum Gasteiger partial charge on any atom is -0.481 e. The number of ether oxygens (including phenoxy) is 1. The Kier molecular flexibility index (Phi) is 5.02. The van der Waals surface area contributed by atoms with Crippen LogP contribution in [0.15, 0.2) is 0 Å². The van der Waals surface area contributed by atoms with Crippen LogP contribution in [0, 0.1) is 12.3 Å². The zero-order valence-electron chi connectivity index (χ0n) is 11.4. The molecule has 0 aliphatic heterocycles. The second kappa shape index (κ2) is 6.12. The van der Waals surface area contributed by atoms with E-state index in [1.165, 1.54) is 11.3 Å². The molecule has 0 fully saturated rings. The maximum absolute atomic E-state index is 12.0. The van der Waals surface area contributed by atoms with Crippen molar-refractivity contribution in [3.8, 4) is 0 Å². The Balaban J connectivity index is 2.71. The zero-order valence-corrected chi connectivity index (χ0v) is 12.3. The van der Waals surface area contributed by atoms with Crippen LogP contribution in [0.25, 0.3) is 0 Å². The van der Waals surface area contributed by atoms with Crippen molar-refractivity contribution in [2.75, 3.05) is 13.7 Å². The second-order valence-electron chi connectivity index (χ2n) is 4.83. The molecule has 0 radical (unpaired) electrons. The Bertz CT molecular complexity index is 482. The smallest absolute Gasteiger partial charge is 0.310 e. The fraction of sp³-hybridized carbons (Fsp3) is 0.583. The van der Waals surface area contributed by atoms with Gasteiger partial charge in [-0.1, -0.05) is 0 Å². The molecule has 2 N–H and O–H groups in total. The first-order valence-electron chi connectivity index (χ1n) is 5.74. The summed E-state index contributed by atoms with van der Waals surface area (Å²) < 4.78 is 4.96. The summed E-state index contributed by atoms with van der Waals surface area (Å²) in [5.74, 6) is -1.25. The van der Waals surface area contributed by atoms with Gasteiger partial charge < -0.3 is 15.2 Å². The van der Waals surface area contributed by atoms with Crippen LogP contribution in [0.5, 0.6) is 0 Å². The van der Waals surface area contributed by atoms with E-state index in [0.29, 0.717) is 17.2 Å². The van der Waals surface area contributed by atoms with Gasteiger partial charge in [-0.15, -0.1) is 11.3 Å². The van der Waals surface area contributed by atoms with Crippen LogP contribution in [-0.2, 0) is 16.1 Å². The number of hydrogen-bond donors (Lipinski definition) is 2. The number of aryl methyl sites for hydroxylation is 1. The quantitative estimate of drug-likeness (QED) is 0.826. The summed E-state index contributed by atoms with van der Waals surface area (Å²) in [6, 6.07) is 0. The number of carbonyl (C=O) groups is 2. The Hall–Kier alpha value is -1.47. The van der Waals surface area contributed by atoms with Crippen molar-refractivity contribution in [1.29, 1.82) is 0 Å². The van der Waals surface area contributed by atoms with Crippen molar-refractivity contribution in [1.82, 2.24) is 10.3 Å². The monoisotopic (exact) mass is 286 g/mol. The van der Waals surface area contributed by atoms with E-state index in [9.17, 15) is 9.59 Å². The first-order valence-corrected chi connectivity index (χ1v) is 6.56. The van der Waals surface area contributed by atoms with Gasteiger partial charge in [0.05, 0.1) is 17.7 Å². The summed E-state index contributed by atoms with van der Waals surface area (Å²) in [5, 5.41) is 12.3. The van der Waals surface area contributed by atoms with Crippen molar-refractivity contribution in [3.63, 3.8) is 0 Å². The lowest BCUT2D eigenvalue weighted by Gasteiger charge is -2.19. The average Bonchev–Trinajstić information content (AvgIpc) is 2.68. The molecule has 0 spiro atoms. The average molecular weight is 286 g/mol. The van der Waals surface area contributed by atoms with E-state index in [2.05, 4.69) is 10.3 Å². The van der Waals surface area contributed by atoms with Gasteiger partial charge in [-0.2, -0.15) is 0 Å². The molecular weight excluding hydrogens is 268 g/mol. The fourth-order valence-electron chi connectivity index (χ4n) is 1.31. The highest BCUT2D eigenvalue weighted by atomic mass is 32.1. The molecule has 6 nitrogen and oxygen atoms in total. The highest BCUT2D eigenvalue weighted by Crippen LogP contribution is 2.19. The van der Waals surface area contributed by atoms with Crippen LogP contribution >= 0.6 is 11.3 Å². The number of carboxylic acids is 1. The van der Waals surface area contributed by atoms with E-state index in [-0.39, 0.29) is 12.5 Å². The van der Waals surface area contributed by atoms with Gasteiger partial charge in [0.1, 0.15) is 9.88 Å². The van der Waals surface area contributed by atoms with E-state index in [1.54, 1.807) is 27.9 Å². The molecule has 1 aromatic rings. The summed E-state index contributed by atoms with van der Waals surface area (Å²) in [5.41, 5.74) is -0.369. The Morgan fingerprint density at radius 1 is 1.47 bits per heavy atom. The number of nitrogens with one attached hydrogen (secondary N) is 1. The van der Waals surface area contributed by atoms with Crippen LogP contribution in [-0.4, -0.2) is 35.6 Å². The van der Waals surface area contributed by atoms with Gasteiger partial charge in [0.25, 0.3) is 5.91 Å². The van der Waals surface area contributed by atoms with Gasteiger partial charge in [-0.25, -0.2) is 4.98 Å². The molecule has 106 valence electrons. The van der Waals surface area contributed by atoms with Crippen LogP contribution < -0.4 is 5.32 Å². The number of carbonyl (C=O) groups excluding carboxylic acids is 1. The predicted molar refractivity (Wildman–Crippen MR) is 71.3 cm³/mol. The highest BCUT2D eigenvalue weighted by Gasteiger charge is 2.28. The lowest BCUT2D eigenvalue weighted by atomic mass is 9.94. The third kappa shape index (κ3) is 4.00. The standard InChI is InChI=1S/C12H18N2O4S/c1-7-9(19-8(14-7)5-18-4)10(15)13-6-12(2,3)11(16)17/h5-6H2,1-4H3,(H,13,15)(H,16,17). The van der Waals surface area contributed by atoms with E-state index in [1.807, 2.05) is 0 Å². The molecule has 1 amide bonds. The minimum atomic E-state index is -0.996. The number of methoxy groups -OCH3 is 1. The van der Waals surface area contributed by atoms with Crippen LogP contribution in [0.1, 0.15) is 34.2 Å². The Morgan fingerprint density at radius 2 is 2.11 bits per heavy atom. The van der Waals surface area contributed by atoms with E-state index in [0.717, 1.165) is 5.01 Å². The second-order valence-corrected chi connectivity index (χ2v) is 5.91. The molecule has 0 aliphatic carbocycles. The molecule has 1 heterocycles. The summed E-state index contributed by atoms with van der Waals surface area (Å²) in [4.78, 5) is 27.6. The largest absolute Gasteiger partial charge is 0.481 e. The zero-order chi connectivity index (χ0) is 14.6. The van der Waals surface area contributed by atoms with Gasteiger partial charge in [-0.05, 0) is 20.8 Å². The summed E-state index contributed by atoms with van der Waals surface area (Å²) >= 11 is 1.26. The molecule has 0 bridgehead atoms. The fourth-order valence-corrected chi connectivity index (χ4v) is 2.26. The van der Waals surface area contributed by atoms with E-state index in [4.69, 9.17) is 9.84 Å². The lowest BCUT2D eigenvalue weighted by Crippen LogP contribution is -2.38. The molecule has 1 rings (SSSR count). The molecule has 0 saturated carbocycles. The van der Waals surface area contributed by atoms with Crippen molar-refractivity contribution in [2.24, 2.45) is 5.41 Å². The molecule has 1 aromatic heterocycles. The van der Waals surface area contributed by atoms with E-state index < -0.39 is 11.4 Å². The van der Waals surface area contributed by atoms with Crippen molar-refractivity contribution in [3.05, 3.63) is 15.6 Å². The summed E-state index contributed by atoms with van der Waals surface area (Å²) in [6.07, 6.45) is 0. The van der Waals surface area contributed by atoms with Gasteiger partial charge in [-0.3, -0.25) is 9.59 Å². The number of aromatic nitrogens is 1. The number of carboxylic acid groups (broad SMARTS) is 1. The Labute approximate surface area is 115 Å². The molecule has 19 heavy (non-hydrogen) atoms. The first-order chi connectivity index (χ1) is 8.77. The number of amides is 1. The van der Waals surface area contributed by atoms with Crippen molar-refractivity contribution in [2.45, 2.75) is 27.4 Å². The molecule has 0 aromatic carbocycles. The highest BCUT2D eigenvalue weighted by molar-refractivity contribution is 7.13. The number of nitrogens with zero attached hydrogens (tertiary/aromatic N) is 1. The molecule has 0 saturated heterocycles. The molecule has 0 atom stereocenters. The number of thiazole rings is 1. The number of aliphatic carboxylic acids is 1. The molecule has 0 unspecified atom stereocenters. The lowest BCUT2D eigenvalue weighted by molar-refractivity contribution is -0.146. The molecular formula is C12H18N2O4S. The third-order valence-electron chi connectivity index (χ3n) is 2.58. The van der Waals surface area contributed by atoms with Gasteiger partial charge in [0.15, 0.2) is 0 Å². The van der Waals surface area contributed by atoms with Crippen LogP contribution in [0.3, 0.4) is 0 Å². The van der Waals surface area contributed by atoms with Crippen molar-refractivity contribution < 1.29 is 19.4 Å². The molecule has 0 aliphatic rings. The maximum atomic E-state index is 12.0. The SMILES string of the molecule is COCc1nc(C)c(C(=O)NCC(C)(C)C(=O)O)s1. The third-order valence-corrected chi connectivity index (χ3v) is 3.71. The van der Waals surface area contributed by atoms with Crippen molar-refractivity contribution >= 4 is 23.2 Å². The van der Waals surface area contributed by atoms with Gasteiger partial charge in [0.2, 0.25) is 0 Å². The van der Waals surface area contributed by atoms with Gasteiger partial charge >= 0.3 is 5.97 Å². The van der Waals surface area contributed by atoms with Crippen LogP contribution in [0.4, 0.5) is 0 Å². The number of rotatable bonds is 6. The molecule has 7 heteroatoms. The van der Waals surface area contributed by atoms with E-state index >= 15 is 0 Å². The maximum Gasteiger partial charge on any atom is 0.310 e. The normalized spacial score (nSPS) is 11.4. The number of hydrogen-bond acceptors (Lipinski definition) is 5. The minimum absolute atomic E-state index is 0.0676. The summed E-state index contributed by atoms with van der Waals surface area (Å²) in [6.45, 7) is 5.29. The predicted octanol–water partition coefficient (Wildman–Crippen LogP) is 1.44. The van der Waals surface area contributed by atoms with Crippen LogP contribution in [0.2, 0.25) is 0 Å². The van der Waals surface area contributed by atoms with Gasteiger partial charge in [0, 0.05) is 13.7 Å².